The molecule has 0 aromatic rings. The maximum absolute atomic E-state index is 3.71. The molecule has 0 bridgehead atoms. The Balaban J connectivity index is 1.18. The summed E-state index contributed by atoms with van der Waals surface area (Å²) in [6, 6.07) is 0. The predicted octanol–water partition coefficient (Wildman–Crippen LogP) is 6.84. The van der Waals surface area contributed by atoms with Gasteiger partial charge in [0.1, 0.15) is 0 Å². The third-order valence-electron chi connectivity index (χ3n) is 8.05. The van der Waals surface area contributed by atoms with Crippen molar-refractivity contribution in [3.05, 3.63) is 0 Å². The van der Waals surface area contributed by atoms with Crippen LogP contribution < -0.4 is 0 Å². The molecule has 0 aliphatic heterocycles. The van der Waals surface area contributed by atoms with Gasteiger partial charge in [-0.05, 0) is 119 Å². The fraction of sp³-hybridized carbons (Fsp3) is 0.917. The van der Waals surface area contributed by atoms with E-state index in [1.807, 2.05) is 0 Å². The quantitative estimate of drug-likeness (QED) is 0.487. The minimum atomic E-state index is 0.733. The first-order valence-corrected chi connectivity index (χ1v) is 11.3. The van der Waals surface area contributed by atoms with Gasteiger partial charge in [-0.3, -0.25) is 0 Å². The fourth-order valence-electron chi connectivity index (χ4n) is 6.03. The highest BCUT2D eigenvalue weighted by atomic mass is 14.4. The minimum absolute atomic E-state index is 0.733. The summed E-state index contributed by atoms with van der Waals surface area (Å²) >= 11 is 0. The molecule has 4 rings (SSSR count). The summed E-state index contributed by atoms with van der Waals surface area (Å²) in [7, 11) is 0. The summed E-state index contributed by atoms with van der Waals surface area (Å²) in [4.78, 5) is 0. The van der Waals surface area contributed by atoms with Gasteiger partial charge >= 0.3 is 0 Å². The van der Waals surface area contributed by atoms with E-state index in [2.05, 4.69) is 18.8 Å². The Morgan fingerprint density at radius 1 is 0.417 bits per heavy atom. The van der Waals surface area contributed by atoms with Crippen molar-refractivity contribution in [3.8, 4) is 11.8 Å². The molecule has 0 heterocycles. The zero-order valence-electron chi connectivity index (χ0n) is 15.9. The van der Waals surface area contributed by atoms with Crippen LogP contribution in [0.2, 0.25) is 0 Å². The molecule has 0 aromatic carbocycles. The molecule has 0 heteroatoms. The van der Waals surface area contributed by atoms with Crippen molar-refractivity contribution in [2.75, 3.05) is 0 Å². The predicted molar refractivity (Wildman–Crippen MR) is 103 cm³/mol. The van der Waals surface area contributed by atoms with E-state index in [0.717, 1.165) is 41.4 Å². The van der Waals surface area contributed by atoms with Crippen LogP contribution in [0.5, 0.6) is 0 Å². The summed E-state index contributed by atoms with van der Waals surface area (Å²) in [5, 5.41) is 0. The lowest BCUT2D eigenvalue weighted by molar-refractivity contribution is 0.150. The molecule has 0 radical (unpaired) electrons. The lowest BCUT2D eigenvalue weighted by Gasteiger charge is -2.37. The van der Waals surface area contributed by atoms with Gasteiger partial charge in [-0.25, -0.2) is 0 Å². The van der Waals surface area contributed by atoms with Gasteiger partial charge in [0.15, 0.2) is 0 Å². The summed E-state index contributed by atoms with van der Waals surface area (Å²) in [6.45, 7) is 2.41. The molecule has 4 fully saturated rings. The first kappa shape index (κ1) is 17.0. The van der Waals surface area contributed by atoms with Crippen LogP contribution in [0, 0.1) is 53.3 Å². The normalized spacial score (nSPS) is 43.7. The lowest BCUT2D eigenvalue weighted by Crippen LogP contribution is -2.26. The van der Waals surface area contributed by atoms with Crippen molar-refractivity contribution < 1.29 is 0 Å². The summed E-state index contributed by atoms with van der Waals surface area (Å²) in [6.07, 6.45) is 20.7. The second kappa shape index (κ2) is 7.85. The molecule has 0 N–H and O–H groups in total. The molecule has 0 atom stereocenters. The van der Waals surface area contributed by atoms with Crippen molar-refractivity contribution in [3.63, 3.8) is 0 Å². The molecule has 4 aliphatic carbocycles. The zero-order valence-corrected chi connectivity index (χ0v) is 15.9. The van der Waals surface area contributed by atoms with Gasteiger partial charge in [-0.15, -0.1) is 0 Å². The number of hydrogen-bond donors (Lipinski definition) is 0. The minimum Gasteiger partial charge on any atom is -0.0996 e. The van der Waals surface area contributed by atoms with Crippen LogP contribution in [0.15, 0.2) is 0 Å². The Labute approximate surface area is 150 Å². The van der Waals surface area contributed by atoms with Crippen LogP contribution in [0.3, 0.4) is 0 Å². The fourth-order valence-corrected chi connectivity index (χ4v) is 6.03. The SMILES string of the molecule is CC1CCC(C#CC2CCC(C3CCC(C4CC4)CC3)CC2)CC1. The third-order valence-corrected chi connectivity index (χ3v) is 8.05. The Morgan fingerprint density at radius 3 is 1.08 bits per heavy atom. The van der Waals surface area contributed by atoms with Crippen molar-refractivity contribution in [2.45, 2.75) is 96.8 Å². The maximum atomic E-state index is 3.71. The van der Waals surface area contributed by atoms with Crippen LogP contribution in [0.4, 0.5) is 0 Å². The zero-order chi connectivity index (χ0) is 16.4. The van der Waals surface area contributed by atoms with Crippen LogP contribution in [0.1, 0.15) is 96.8 Å². The molecule has 0 spiro atoms. The first-order chi connectivity index (χ1) is 11.8. The Morgan fingerprint density at radius 2 is 0.708 bits per heavy atom. The van der Waals surface area contributed by atoms with Gasteiger partial charge in [-0.2, -0.15) is 0 Å². The number of hydrogen-bond acceptors (Lipinski definition) is 0. The highest BCUT2D eigenvalue weighted by Crippen LogP contribution is 2.48. The Kier molecular flexibility index (Phi) is 5.56. The van der Waals surface area contributed by atoms with Crippen LogP contribution >= 0.6 is 0 Å². The van der Waals surface area contributed by atoms with Crippen molar-refractivity contribution in [2.24, 2.45) is 41.4 Å². The highest BCUT2D eigenvalue weighted by molar-refractivity contribution is 5.09. The largest absolute Gasteiger partial charge is 0.0996 e. The lowest BCUT2D eigenvalue weighted by atomic mass is 9.68. The molecule has 24 heavy (non-hydrogen) atoms. The average molecular weight is 327 g/mol. The van der Waals surface area contributed by atoms with Crippen LogP contribution in [-0.2, 0) is 0 Å². The topological polar surface area (TPSA) is 0 Å². The van der Waals surface area contributed by atoms with E-state index in [-0.39, 0.29) is 0 Å². The van der Waals surface area contributed by atoms with Gasteiger partial charge in [-0.1, -0.05) is 18.8 Å². The van der Waals surface area contributed by atoms with E-state index in [1.165, 1.54) is 51.4 Å². The molecular formula is C24H38. The van der Waals surface area contributed by atoms with Gasteiger partial charge in [0, 0.05) is 11.8 Å². The van der Waals surface area contributed by atoms with E-state index >= 15 is 0 Å². The van der Waals surface area contributed by atoms with Crippen molar-refractivity contribution >= 4 is 0 Å². The molecule has 0 amide bonds. The van der Waals surface area contributed by atoms with Gasteiger partial charge in [0.05, 0.1) is 0 Å². The number of rotatable bonds is 2. The van der Waals surface area contributed by atoms with Crippen LogP contribution in [-0.4, -0.2) is 0 Å². The van der Waals surface area contributed by atoms with Crippen molar-refractivity contribution in [1.29, 1.82) is 0 Å². The second-order valence-corrected chi connectivity index (χ2v) is 9.87. The van der Waals surface area contributed by atoms with E-state index in [0.29, 0.717) is 0 Å². The summed E-state index contributed by atoms with van der Waals surface area (Å²) in [5.41, 5.74) is 0. The first-order valence-electron chi connectivity index (χ1n) is 11.3. The summed E-state index contributed by atoms with van der Waals surface area (Å²) in [5.74, 6) is 14.2. The average Bonchev–Trinajstić information content (AvgIpc) is 3.47. The van der Waals surface area contributed by atoms with Crippen molar-refractivity contribution in [1.82, 2.24) is 0 Å². The van der Waals surface area contributed by atoms with Crippen LogP contribution in [0.25, 0.3) is 0 Å². The highest BCUT2D eigenvalue weighted by Gasteiger charge is 2.36. The van der Waals surface area contributed by atoms with E-state index < -0.39 is 0 Å². The van der Waals surface area contributed by atoms with E-state index in [1.54, 1.807) is 38.5 Å². The molecule has 134 valence electrons. The smallest absolute Gasteiger partial charge is 0.0203 e. The van der Waals surface area contributed by atoms with E-state index in [4.69, 9.17) is 0 Å². The summed E-state index contributed by atoms with van der Waals surface area (Å²) < 4.78 is 0. The van der Waals surface area contributed by atoms with Gasteiger partial charge < -0.3 is 0 Å². The maximum Gasteiger partial charge on any atom is 0.0203 e. The molecular weight excluding hydrogens is 288 g/mol. The third kappa shape index (κ3) is 4.39. The monoisotopic (exact) mass is 326 g/mol. The molecule has 4 saturated carbocycles. The van der Waals surface area contributed by atoms with E-state index in [9.17, 15) is 0 Å². The molecule has 4 aliphatic rings. The van der Waals surface area contributed by atoms with Gasteiger partial charge in [0.2, 0.25) is 0 Å². The molecule has 0 unspecified atom stereocenters. The Hall–Kier alpha value is -0.440. The van der Waals surface area contributed by atoms with Gasteiger partial charge in [0.25, 0.3) is 0 Å². The standard InChI is InChI=1S/C24H38/c1-18-2-4-19(5-3-18)6-7-20-8-10-21(11-9-20)22-12-14-23(15-13-22)24-16-17-24/h18-24H,2-5,8-17H2,1H3. The second-order valence-electron chi connectivity index (χ2n) is 9.87. The molecule has 0 nitrogen and oxygen atoms in total. The molecule has 0 saturated heterocycles. The molecule has 0 aromatic heterocycles. The Bertz CT molecular complexity index is 438.